The van der Waals surface area contributed by atoms with E-state index in [-0.39, 0.29) is 16.8 Å². The smallest absolute Gasteiger partial charge is 0.394 e. The zero-order chi connectivity index (χ0) is 18.0. The third kappa shape index (κ3) is 3.16. The van der Waals surface area contributed by atoms with Crippen LogP contribution in [0.5, 0.6) is 0 Å². The average molecular weight is 356 g/mol. The molecule has 0 atom stereocenters. The van der Waals surface area contributed by atoms with E-state index < -0.39 is 11.2 Å². The van der Waals surface area contributed by atoms with Gasteiger partial charge in [0.25, 0.3) is 0 Å². The summed E-state index contributed by atoms with van der Waals surface area (Å²) in [7, 11) is 0. The molecule has 0 unspecified atom stereocenters. The van der Waals surface area contributed by atoms with E-state index in [1.54, 1.807) is 48.5 Å². The molecule has 3 rings (SSSR count). The quantitative estimate of drug-likeness (QED) is 0.695. The van der Waals surface area contributed by atoms with Crippen molar-refractivity contribution < 1.29 is 18.7 Å². The fourth-order valence-electron chi connectivity index (χ4n) is 2.47. The Balaban J connectivity index is 2.21. The van der Waals surface area contributed by atoms with E-state index in [2.05, 4.69) is 11.1 Å². The van der Waals surface area contributed by atoms with E-state index in [1.165, 1.54) is 6.20 Å². The first-order chi connectivity index (χ1) is 11.9. The summed E-state index contributed by atoms with van der Waals surface area (Å²) in [6, 6.07) is 15.7. The third-order valence-corrected chi connectivity index (χ3v) is 4.53. The van der Waals surface area contributed by atoms with Gasteiger partial charge in [0, 0.05) is 17.1 Å². The molecule has 0 fully saturated rings. The number of hydrogen-bond donors (Lipinski definition) is 1. The molecular weight excluding hydrogens is 346 g/mol. The number of carboxylic acid groups (broad SMARTS) is 1. The molecule has 0 saturated carbocycles. The highest BCUT2D eigenvalue weighted by Crippen LogP contribution is 2.41. The minimum Gasteiger partial charge on any atom is -0.476 e. The molecule has 124 valence electrons. The minimum absolute atomic E-state index is 0.0928. The molecule has 7 heteroatoms. The van der Waals surface area contributed by atoms with Crippen molar-refractivity contribution in [2.45, 2.75) is 10.3 Å². The fourth-order valence-corrected chi connectivity index (χ4v) is 3.21. The molecule has 0 spiro atoms. The van der Waals surface area contributed by atoms with E-state index in [4.69, 9.17) is 5.11 Å². The van der Waals surface area contributed by atoms with E-state index in [0.717, 1.165) is 0 Å². The second kappa shape index (κ2) is 6.49. The Morgan fingerprint density at radius 1 is 1.08 bits per heavy atom. The summed E-state index contributed by atoms with van der Waals surface area (Å²) in [4.78, 5) is 14.7. The number of carboxylic acids is 1. The summed E-state index contributed by atoms with van der Waals surface area (Å²) in [6.07, 6.45) is 1.33. The standard InChI is InChI=1S/C18H10F2N2O2S/c19-18(20,17(23)24)25-16-15(6-3-9-22-16)14-8-7-11(10-21)12-4-1-2-5-13(12)14/h1-9H,(H,23,24). The maximum absolute atomic E-state index is 13.6. The van der Waals surface area contributed by atoms with Gasteiger partial charge in [-0.3, -0.25) is 0 Å². The Morgan fingerprint density at radius 2 is 1.80 bits per heavy atom. The number of benzene rings is 2. The Hall–Kier alpha value is -2.98. The van der Waals surface area contributed by atoms with Crippen LogP contribution in [0.2, 0.25) is 0 Å². The maximum Gasteiger partial charge on any atom is 0.394 e. The Bertz CT molecular complexity index is 1020. The Kier molecular flexibility index (Phi) is 4.38. The summed E-state index contributed by atoms with van der Waals surface area (Å²) in [5, 5.41) is 15.2. The molecule has 0 aliphatic heterocycles. The normalized spacial score (nSPS) is 11.2. The molecule has 0 aliphatic carbocycles. The summed E-state index contributed by atoms with van der Waals surface area (Å²) in [6.45, 7) is 0. The second-order valence-electron chi connectivity index (χ2n) is 5.10. The zero-order valence-corrected chi connectivity index (χ0v) is 13.4. The van der Waals surface area contributed by atoms with Crippen molar-refractivity contribution in [2.75, 3.05) is 0 Å². The summed E-state index contributed by atoms with van der Waals surface area (Å²) in [5.41, 5.74) is 1.45. The monoisotopic (exact) mass is 356 g/mol. The van der Waals surface area contributed by atoms with E-state index >= 15 is 0 Å². The third-order valence-electron chi connectivity index (χ3n) is 3.58. The molecule has 25 heavy (non-hydrogen) atoms. The number of nitriles is 1. The first-order valence-corrected chi connectivity index (χ1v) is 7.93. The lowest BCUT2D eigenvalue weighted by molar-refractivity contribution is -0.152. The van der Waals surface area contributed by atoms with Crippen molar-refractivity contribution in [1.82, 2.24) is 4.98 Å². The number of carbonyl (C=O) groups is 1. The molecule has 0 bridgehead atoms. The van der Waals surface area contributed by atoms with Gasteiger partial charge in [0.1, 0.15) is 5.03 Å². The van der Waals surface area contributed by atoms with Crippen LogP contribution >= 0.6 is 11.8 Å². The molecule has 0 radical (unpaired) electrons. The van der Waals surface area contributed by atoms with E-state index in [0.29, 0.717) is 27.5 Å². The first-order valence-electron chi connectivity index (χ1n) is 7.11. The van der Waals surface area contributed by atoms with Crippen LogP contribution in [0.3, 0.4) is 0 Å². The van der Waals surface area contributed by atoms with Gasteiger partial charge in [-0.2, -0.15) is 14.0 Å². The van der Waals surface area contributed by atoms with Crippen LogP contribution in [0.4, 0.5) is 8.78 Å². The highest BCUT2D eigenvalue weighted by Gasteiger charge is 2.41. The molecule has 4 nitrogen and oxygen atoms in total. The van der Waals surface area contributed by atoms with Crippen molar-refractivity contribution in [2.24, 2.45) is 0 Å². The highest BCUT2D eigenvalue weighted by atomic mass is 32.2. The van der Waals surface area contributed by atoms with E-state index in [1.807, 2.05) is 0 Å². The number of alkyl halides is 2. The van der Waals surface area contributed by atoms with Gasteiger partial charge < -0.3 is 5.11 Å². The first kappa shape index (κ1) is 16.9. The van der Waals surface area contributed by atoms with Crippen molar-refractivity contribution >= 4 is 28.5 Å². The number of nitrogens with zero attached hydrogens (tertiary/aromatic N) is 2. The fraction of sp³-hybridized carbons (Fsp3) is 0.0556. The molecule has 0 saturated heterocycles. The van der Waals surface area contributed by atoms with Gasteiger partial charge in [-0.15, -0.1) is 0 Å². The predicted octanol–water partition coefficient (Wildman–Crippen LogP) is 4.54. The largest absolute Gasteiger partial charge is 0.476 e. The second-order valence-corrected chi connectivity index (χ2v) is 6.20. The van der Waals surface area contributed by atoms with Gasteiger partial charge in [0.15, 0.2) is 0 Å². The van der Waals surface area contributed by atoms with Crippen molar-refractivity contribution in [1.29, 1.82) is 5.26 Å². The van der Waals surface area contributed by atoms with Gasteiger partial charge in [-0.1, -0.05) is 36.4 Å². The van der Waals surface area contributed by atoms with Gasteiger partial charge >= 0.3 is 11.2 Å². The van der Waals surface area contributed by atoms with Crippen molar-refractivity contribution in [3.05, 3.63) is 60.3 Å². The molecule has 0 aliphatic rings. The van der Waals surface area contributed by atoms with Gasteiger partial charge in [-0.05, 0) is 34.8 Å². The van der Waals surface area contributed by atoms with Crippen LogP contribution in [0.15, 0.2) is 59.8 Å². The lowest BCUT2D eigenvalue weighted by atomic mass is 9.96. The summed E-state index contributed by atoms with van der Waals surface area (Å²) < 4.78 is 27.3. The van der Waals surface area contributed by atoms with Crippen LogP contribution in [0, 0.1) is 11.3 Å². The summed E-state index contributed by atoms with van der Waals surface area (Å²) in [5.74, 6) is -2.22. The zero-order valence-electron chi connectivity index (χ0n) is 12.6. The number of halogens is 2. The van der Waals surface area contributed by atoms with Crippen LogP contribution in [0.25, 0.3) is 21.9 Å². The van der Waals surface area contributed by atoms with Crippen LogP contribution in [0.1, 0.15) is 5.56 Å². The molecule has 1 heterocycles. The minimum atomic E-state index is -3.99. The maximum atomic E-state index is 13.6. The highest BCUT2D eigenvalue weighted by molar-refractivity contribution is 8.01. The molecule has 1 N–H and O–H groups in total. The predicted molar refractivity (Wildman–Crippen MR) is 90.3 cm³/mol. The van der Waals surface area contributed by atoms with E-state index in [9.17, 15) is 18.8 Å². The molecule has 0 amide bonds. The van der Waals surface area contributed by atoms with Gasteiger partial charge in [0.2, 0.25) is 0 Å². The summed E-state index contributed by atoms with van der Waals surface area (Å²) >= 11 is -0.115. The average Bonchev–Trinajstić information content (AvgIpc) is 2.61. The molecular formula is C18H10F2N2O2S. The number of aliphatic carboxylic acids is 1. The lowest BCUT2D eigenvalue weighted by Gasteiger charge is -2.14. The number of rotatable bonds is 4. The van der Waals surface area contributed by atoms with Gasteiger partial charge in [0.05, 0.1) is 11.6 Å². The number of thioether (sulfide) groups is 1. The number of pyridine rings is 1. The van der Waals surface area contributed by atoms with Gasteiger partial charge in [-0.25, -0.2) is 9.78 Å². The molecule has 2 aromatic carbocycles. The molecule has 3 aromatic rings. The number of aromatic nitrogens is 1. The number of fused-ring (bicyclic) bond motifs is 1. The van der Waals surface area contributed by atoms with Crippen molar-refractivity contribution in [3.63, 3.8) is 0 Å². The number of hydrogen-bond acceptors (Lipinski definition) is 4. The Morgan fingerprint density at radius 3 is 2.48 bits per heavy atom. The van der Waals surface area contributed by atoms with Crippen molar-refractivity contribution in [3.8, 4) is 17.2 Å². The van der Waals surface area contributed by atoms with Crippen LogP contribution < -0.4 is 0 Å². The molecule has 1 aromatic heterocycles. The Labute approximate surface area is 145 Å². The lowest BCUT2D eigenvalue weighted by Crippen LogP contribution is -2.23. The topological polar surface area (TPSA) is 74.0 Å². The van der Waals surface area contributed by atoms with Crippen LogP contribution in [-0.4, -0.2) is 21.3 Å². The van der Waals surface area contributed by atoms with Crippen LogP contribution in [-0.2, 0) is 4.79 Å². The SMILES string of the molecule is N#Cc1ccc(-c2cccnc2SC(F)(F)C(=O)O)c2ccccc12.